The van der Waals surface area contributed by atoms with E-state index in [0.29, 0.717) is 0 Å². The number of benzene rings is 7. The monoisotopic (exact) mass is 574 g/mol. The molecule has 0 radical (unpaired) electrons. The number of hydrogen-bond donors (Lipinski definition) is 0. The zero-order chi connectivity index (χ0) is 29.7. The van der Waals surface area contributed by atoms with Gasteiger partial charge in [-0.15, -0.1) is 10.2 Å². The normalized spacial score (nSPS) is 11.6. The first-order chi connectivity index (χ1) is 22.3. The summed E-state index contributed by atoms with van der Waals surface area (Å²) < 4.78 is 0. The highest BCUT2D eigenvalue weighted by atomic mass is 15.5. The summed E-state index contributed by atoms with van der Waals surface area (Å²) in [5, 5.41) is 17.2. The van der Waals surface area contributed by atoms with Gasteiger partial charge in [-0.1, -0.05) is 121 Å². The molecule has 0 fully saturated rings. The minimum atomic E-state index is 0.861. The molecule has 0 N–H and O–H groups in total. The third-order valence-electron chi connectivity index (χ3n) is 8.75. The van der Waals surface area contributed by atoms with Crippen molar-refractivity contribution >= 4 is 43.4 Å². The molecule has 2 heterocycles. The van der Waals surface area contributed by atoms with Gasteiger partial charge in [0.25, 0.3) is 0 Å². The molecule has 0 bridgehead atoms. The molecule has 0 aliphatic carbocycles. The van der Waals surface area contributed by atoms with E-state index >= 15 is 0 Å². The second kappa shape index (κ2) is 10.2. The maximum atomic E-state index is 5.04. The lowest BCUT2D eigenvalue weighted by Crippen LogP contribution is -1.98. The van der Waals surface area contributed by atoms with Crippen molar-refractivity contribution in [3.05, 3.63) is 158 Å². The Kier molecular flexibility index (Phi) is 5.78. The van der Waals surface area contributed by atoms with Crippen molar-refractivity contribution in [2.45, 2.75) is 0 Å². The molecule has 0 saturated heterocycles. The molecule has 9 rings (SSSR count). The third-order valence-corrected chi connectivity index (χ3v) is 8.75. The molecule has 0 aliphatic rings. The van der Waals surface area contributed by atoms with E-state index in [1.165, 1.54) is 38.2 Å². The van der Waals surface area contributed by atoms with Crippen LogP contribution in [0, 0.1) is 0 Å². The first-order valence-electron chi connectivity index (χ1n) is 15.1. The molecule has 0 spiro atoms. The molecule has 2 aromatic heterocycles. The maximum Gasteiger partial charge on any atom is 0.121 e. The fraction of sp³-hybridized carbons (Fsp3) is 0. The fourth-order valence-electron chi connectivity index (χ4n) is 6.72. The number of pyridine rings is 1. The highest BCUT2D eigenvalue weighted by Crippen LogP contribution is 2.46. The van der Waals surface area contributed by atoms with Gasteiger partial charge in [-0.25, -0.2) is 0 Å². The third kappa shape index (κ3) is 4.11. The van der Waals surface area contributed by atoms with Crippen LogP contribution in [-0.4, -0.2) is 20.0 Å². The number of aromatic nitrogens is 4. The van der Waals surface area contributed by atoms with Crippen LogP contribution >= 0.6 is 0 Å². The summed E-state index contributed by atoms with van der Waals surface area (Å²) in [4.78, 5) is 6.01. The van der Waals surface area contributed by atoms with Crippen molar-refractivity contribution in [1.29, 1.82) is 0 Å². The molecule has 9 aromatic rings. The van der Waals surface area contributed by atoms with Crippen LogP contribution in [0.2, 0.25) is 0 Å². The lowest BCUT2D eigenvalue weighted by atomic mass is 9.84. The van der Waals surface area contributed by atoms with E-state index < -0.39 is 0 Å². The van der Waals surface area contributed by atoms with Crippen LogP contribution < -0.4 is 0 Å². The first-order valence-corrected chi connectivity index (χ1v) is 15.1. The Balaban J connectivity index is 1.30. The Morgan fingerprint density at radius 2 is 1.00 bits per heavy atom. The molecule has 7 aromatic carbocycles. The molecule has 4 heteroatoms. The van der Waals surface area contributed by atoms with Gasteiger partial charge in [-0.2, -0.15) is 4.80 Å². The molecule has 0 atom stereocenters. The average molecular weight is 575 g/mol. The zero-order valence-corrected chi connectivity index (χ0v) is 24.3. The lowest BCUT2D eigenvalue weighted by molar-refractivity contribution is 0.766. The lowest BCUT2D eigenvalue weighted by Gasteiger charge is -2.18. The van der Waals surface area contributed by atoms with Gasteiger partial charge < -0.3 is 0 Å². The molecule has 4 nitrogen and oxygen atoms in total. The summed E-state index contributed by atoms with van der Waals surface area (Å²) >= 11 is 0. The van der Waals surface area contributed by atoms with Gasteiger partial charge in [-0.05, 0) is 84.6 Å². The number of rotatable bonds is 4. The molecule has 0 amide bonds. The van der Waals surface area contributed by atoms with Crippen LogP contribution in [0.5, 0.6) is 0 Å². The number of nitrogens with zero attached hydrogens (tertiary/aromatic N) is 4. The van der Waals surface area contributed by atoms with Gasteiger partial charge in [0.1, 0.15) is 11.0 Å². The molecule has 0 aliphatic heterocycles. The van der Waals surface area contributed by atoms with Crippen LogP contribution in [0.1, 0.15) is 0 Å². The molecule has 0 saturated carbocycles. The quantitative estimate of drug-likeness (QED) is 0.196. The highest BCUT2D eigenvalue weighted by Gasteiger charge is 2.20. The molecular formula is C41H26N4. The van der Waals surface area contributed by atoms with Gasteiger partial charge in [0.15, 0.2) is 0 Å². The van der Waals surface area contributed by atoms with Crippen molar-refractivity contribution in [1.82, 2.24) is 20.0 Å². The summed E-state index contributed by atoms with van der Waals surface area (Å²) in [7, 11) is 0. The van der Waals surface area contributed by atoms with Gasteiger partial charge in [0.2, 0.25) is 0 Å². The van der Waals surface area contributed by atoms with Gasteiger partial charge in [-0.3, -0.25) is 4.98 Å². The van der Waals surface area contributed by atoms with E-state index in [2.05, 4.69) is 145 Å². The molecular weight excluding hydrogens is 548 g/mol. The minimum Gasteiger partial charge on any atom is -0.264 e. The van der Waals surface area contributed by atoms with Crippen LogP contribution in [0.4, 0.5) is 0 Å². The molecule has 0 unspecified atom stereocenters. The summed E-state index contributed by atoms with van der Waals surface area (Å²) in [5.41, 5.74) is 9.70. The van der Waals surface area contributed by atoms with Crippen molar-refractivity contribution in [3.8, 4) is 39.1 Å². The smallest absolute Gasteiger partial charge is 0.121 e. The predicted octanol–water partition coefficient (Wildman–Crippen LogP) is 10.3. The van der Waals surface area contributed by atoms with Gasteiger partial charge in [0, 0.05) is 17.8 Å². The van der Waals surface area contributed by atoms with E-state index in [-0.39, 0.29) is 0 Å². The molecule has 45 heavy (non-hydrogen) atoms. The Labute approximate surface area is 259 Å². The van der Waals surface area contributed by atoms with Gasteiger partial charge in [0.05, 0.1) is 5.69 Å². The van der Waals surface area contributed by atoms with E-state index in [9.17, 15) is 0 Å². The van der Waals surface area contributed by atoms with Gasteiger partial charge >= 0.3 is 0 Å². The van der Waals surface area contributed by atoms with Crippen LogP contribution in [0.15, 0.2) is 158 Å². The van der Waals surface area contributed by atoms with Crippen molar-refractivity contribution < 1.29 is 0 Å². The van der Waals surface area contributed by atoms with E-state index in [1.54, 1.807) is 11.0 Å². The van der Waals surface area contributed by atoms with E-state index in [0.717, 1.165) is 44.2 Å². The van der Waals surface area contributed by atoms with Crippen molar-refractivity contribution in [3.63, 3.8) is 0 Å². The Bertz CT molecular complexity index is 2460. The van der Waals surface area contributed by atoms with Crippen molar-refractivity contribution in [2.75, 3.05) is 0 Å². The van der Waals surface area contributed by atoms with E-state index in [1.807, 2.05) is 12.3 Å². The summed E-state index contributed by atoms with van der Waals surface area (Å²) in [6.07, 6.45) is 3.67. The second-order valence-corrected chi connectivity index (χ2v) is 11.3. The summed E-state index contributed by atoms with van der Waals surface area (Å²) in [6.45, 7) is 0. The largest absolute Gasteiger partial charge is 0.264 e. The SMILES string of the molecule is c1ccc(-c2c3ccccc3c(-c3cc4nn(-c5ccc(-c6cccnc6)cc5)nc4c4ccccc34)c3ccccc23)cc1. The Morgan fingerprint density at radius 3 is 1.64 bits per heavy atom. The predicted molar refractivity (Wildman–Crippen MR) is 185 cm³/mol. The fourth-order valence-corrected chi connectivity index (χ4v) is 6.72. The highest BCUT2D eigenvalue weighted by molar-refractivity contribution is 6.25. The van der Waals surface area contributed by atoms with Crippen LogP contribution in [0.25, 0.3) is 82.4 Å². The summed E-state index contributed by atoms with van der Waals surface area (Å²) in [5.74, 6) is 0. The zero-order valence-electron chi connectivity index (χ0n) is 24.3. The van der Waals surface area contributed by atoms with Crippen LogP contribution in [0.3, 0.4) is 0 Å². The summed E-state index contributed by atoms with van der Waals surface area (Å²) in [6, 6.07) is 51.4. The minimum absolute atomic E-state index is 0.861. The number of fused-ring (bicyclic) bond motifs is 5. The maximum absolute atomic E-state index is 5.04. The topological polar surface area (TPSA) is 43.6 Å². The van der Waals surface area contributed by atoms with Crippen molar-refractivity contribution in [2.24, 2.45) is 0 Å². The van der Waals surface area contributed by atoms with E-state index in [4.69, 9.17) is 10.2 Å². The Morgan fingerprint density at radius 1 is 0.422 bits per heavy atom. The second-order valence-electron chi connectivity index (χ2n) is 11.3. The first kappa shape index (κ1) is 25.4. The average Bonchev–Trinajstić information content (AvgIpc) is 3.56. The number of hydrogen-bond acceptors (Lipinski definition) is 3. The van der Waals surface area contributed by atoms with Crippen LogP contribution in [-0.2, 0) is 0 Å². The molecule has 210 valence electrons. The Hall–Kier alpha value is -6.13. The standard InChI is InChI=1S/C41H26N4/c1-2-11-28(12-3-1)39-32-15-5-7-17-34(32)40(35-18-8-6-16-33(35)39)37-25-38-41(36-19-9-4-14-31(36)37)44-45(43-38)30-22-20-27(21-23-30)29-13-10-24-42-26-29/h1-26H.